The number of carbonyl (C=O) groups excluding carboxylic acids is 2. The van der Waals surface area contributed by atoms with Gasteiger partial charge in [-0.3, -0.25) is 0 Å². The minimum Gasteiger partial charge on any atom is -0.448 e. The molecule has 0 aliphatic carbocycles. The van der Waals surface area contributed by atoms with Crippen molar-refractivity contribution in [2.75, 3.05) is 12.6 Å². The second-order valence-electron chi connectivity index (χ2n) is 5.06. The van der Waals surface area contributed by atoms with Gasteiger partial charge in [0, 0.05) is 0 Å². The van der Waals surface area contributed by atoms with E-state index in [4.69, 9.17) is 26.8 Å². The van der Waals surface area contributed by atoms with Crippen molar-refractivity contribution in [3.05, 3.63) is 0 Å². The van der Waals surface area contributed by atoms with Gasteiger partial charge in [0.15, 0.2) is 6.07 Å². The molecule has 0 aromatic heterocycles. The Kier molecular flexibility index (Phi) is 8.51. The Bertz CT molecular complexity index is 292. The smallest absolute Gasteiger partial charge is 0.408 e. The average molecular weight is 295 g/mol. The van der Waals surface area contributed by atoms with E-state index in [0.717, 1.165) is 6.42 Å². The summed E-state index contributed by atoms with van der Waals surface area (Å²) in [5.41, 5.74) is 4.76. The topological polar surface area (TPSA) is 90.6 Å². The lowest BCUT2D eigenvalue weighted by molar-refractivity contribution is -0.144. The fourth-order valence-corrected chi connectivity index (χ4v) is 1.45. The van der Waals surface area contributed by atoms with Gasteiger partial charge in [-0.15, -0.1) is 0 Å². The molecule has 6 nitrogen and oxygen atoms in total. The standard InChI is InChI=1S/C12H23ClN2O4/c1-12(2,3)19-11(17)15-9(6-4-5-7-14)10(16)18-8-13/h9H,4-8,14H2,1-3H3,(H,15,17)/t9-/m0/s1. The van der Waals surface area contributed by atoms with E-state index in [0.29, 0.717) is 19.4 Å². The van der Waals surface area contributed by atoms with Crippen LogP contribution >= 0.6 is 11.6 Å². The quantitative estimate of drug-likeness (QED) is 0.424. The van der Waals surface area contributed by atoms with Gasteiger partial charge in [-0.1, -0.05) is 11.6 Å². The Hall–Kier alpha value is -1.01. The number of ether oxygens (including phenoxy) is 2. The van der Waals surface area contributed by atoms with E-state index in [1.807, 2.05) is 0 Å². The second-order valence-corrected chi connectivity index (χ2v) is 5.27. The van der Waals surface area contributed by atoms with E-state index in [9.17, 15) is 9.59 Å². The number of nitrogens with one attached hydrogen (secondary N) is 1. The van der Waals surface area contributed by atoms with Crippen LogP contribution in [0.1, 0.15) is 40.0 Å². The Balaban J connectivity index is 4.39. The molecule has 0 aromatic carbocycles. The minimum absolute atomic E-state index is 0.248. The maximum atomic E-state index is 11.6. The first kappa shape index (κ1) is 18.0. The second kappa shape index (κ2) is 8.98. The molecule has 0 spiro atoms. The highest BCUT2D eigenvalue weighted by Gasteiger charge is 2.24. The summed E-state index contributed by atoms with van der Waals surface area (Å²) in [5.74, 6) is -0.571. The van der Waals surface area contributed by atoms with Gasteiger partial charge >= 0.3 is 12.1 Å². The van der Waals surface area contributed by atoms with Crippen molar-refractivity contribution in [1.29, 1.82) is 0 Å². The van der Waals surface area contributed by atoms with Crippen LogP contribution in [0.2, 0.25) is 0 Å². The van der Waals surface area contributed by atoms with Crippen molar-refractivity contribution in [3.8, 4) is 0 Å². The van der Waals surface area contributed by atoms with E-state index in [-0.39, 0.29) is 6.07 Å². The molecule has 0 unspecified atom stereocenters. The molecule has 0 rings (SSSR count). The average Bonchev–Trinajstić information content (AvgIpc) is 2.25. The van der Waals surface area contributed by atoms with Crippen molar-refractivity contribution in [1.82, 2.24) is 5.32 Å². The molecule has 3 N–H and O–H groups in total. The molecule has 0 aromatic rings. The SMILES string of the molecule is CC(C)(C)OC(=O)N[C@@H](CCCCN)C(=O)OCCl. The molecule has 0 saturated heterocycles. The number of rotatable bonds is 7. The fourth-order valence-electron chi connectivity index (χ4n) is 1.35. The summed E-state index contributed by atoms with van der Waals surface area (Å²) in [6.45, 7) is 5.76. The number of unbranched alkanes of at least 4 members (excludes halogenated alkanes) is 1. The Morgan fingerprint density at radius 3 is 2.42 bits per heavy atom. The van der Waals surface area contributed by atoms with Gasteiger partial charge in [-0.05, 0) is 46.6 Å². The van der Waals surface area contributed by atoms with Crippen LogP contribution in [-0.4, -0.2) is 36.3 Å². The van der Waals surface area contributed by atoms with Crippen molar-refractivity contribution >= 4 is 23.7 Å². The fraction of sp³-hybridized carbons (Fsp3) is 0.833. The summed E-state index contributed by atoms with van der Waals surface area (Å²) in [5, 5.41) is 2.48. The zero-order valence-electron chi connectivity index (χ0n) is 11.7. The normalized spacial score (nSPS) is 12.7. The molecular formula is C12H23ClN2O4. The molecule has 0 aliphatic heterocycles. The predicted molar refractivity (Wildman–Crippen MR) is 72.9 cm³/mol. The summed E-state index contributed by atoms with van der Waals surface area (Å²) in [6, 6.07) is -1.01. The molecule has 1 atom stereocenters. The van der Waals surface area contributed by atoms with Gasteiger partial charge in [0.1, 0.15) is 11.6 Å². The first-order valence-corrected chi connectivity index (χ1v) is 6.75. The molecular weight excluding hydrogens is 272 g/mol. The lowest BCUT2D eigenvalue weighted by atomic mass is 10.1. The molecule has 0 heterocycles. The van der Waals surface area contributed by atoms with Crippen molar-refractivity contribution < 1.29 is 19.1 Å². The van der Waals surface area contributed by atoms with E-state index >= 15 is 0 Å². The van der Waals surface area contributed by atoms with Crippen molar-refractivity contribution in [2.24, 2.45) is 5.73 Å². The number of alkyl carbamates (subject to hydrolysis) is 1. The van der Waals surface area contributed by atoms with E-state index in [1.165, 1.54) is 0 Å². The lowest BCUT2D eigenvalue weighted by Gasteiger charge is -2.22. The third-order valence-corrected chi connectivity index (χ3v) is 2.23. The molecule has 1 amide bonds. The minimum atomic E-state index is -0.764. The van der Waals surface area contributed by atoms with Gasteiger partial charge in [0.25, 0.3) is 0 Å². The van der Waals surface area contributed by atoms with E-state index in [2.05, 4.69) is 5.32 Å². The van der Waals surface area contributed by atoms with Crippen LogP contribution in [0, 0.1) is 0 Å². The summed E-state index contributed by atoms with van der Waals surface area (Å²) in [7, 11) is 0. The zero-order chi connectivity index (χ0) is 14.9. The van der Waals surface area contributed by atoms with E-state index < -0.39 is 23.7 Å². The van der Waals surface area contributed by atoms with Crippen LogP contribution in [0.3, 0.4) is 0 Å². The first-order chi connectivity index (χ1) is 8.80. The summed E-state index contributed by atoms with van der Waals surface area (Å²) >= 11 is 5.34. The van der Waals surface area contributed by atoms with Gasteiger partial charge in [-0.2, -0.15) is 0 Å². The summed E-state index contributed by atoms with van der Waals surface area (Å²) < 4.78 is 9.78. The highest BCUT2D eigenvalue weighted by molar-refractivity contribution is 6.17. The number of alkyl halides is 1. The Morgan fingerprint density at radius 1 is 1.32 bits per heavy atom. The van der Waals surface area contributed by atoms with Gasteiger partial charge < -0.3 is 20.5 Å². The zero-order valence-corrected chi connectivity index (χ0v) is 12.5. The number of hydrogen-bond donors (Lipinski definition) is 2. The van der Waals surface area contributed by atoms with Crippen LogP contribution < -0.4 is 11.1 Å². The first-order valence-electron chi connectivity index (χ1n) is 6.22. The Labute approximate surface area is 118 Å². The van der Waals surface area contributed by atoms with Crippen LogP contribution in [0.25, 0.3) is 0 Å². The third-order valence-electron chi connectivity index (χ3n) is 2.12. The number of halogens is 1. The van der Waals surface area contributed by atoms with Crippen LogP contribution in [-0.2, 0) is 14.3 Å². The van der Waals surface area contributed by atoms with Crippen molar-refractivity contribution in [2.45, 2.75) is 51.7 Å². The van der Waals surface area contributed by atoms with Gasteiger partial charge in [0.2, 0.25) is 0 Å². The number of esters is 1. The number of carbonyl (C=O) groups is 2. The van der Waals surface area contributed by atoms with Gasteiger partial charge in [0.05, 0.1) is 0 Å². The van der Waals surface area contributed by atoms with Crippen LogP contribution in [0.4, 0.5) is 4.79 Å². The third kappa shape index (κ3) is 9.55. The van der Waals surface area contributed by atoms with Crippen LogP contribution in [0.15, 0.2) is 0 Å². The Morgan fingerprint density at radius 2 is 1.95 bits per heavy atom. The molecule has 0 radical (unpaired) electrons. The maximum absolute atomic E-state index is 11.6. The number of nitrogens with two attached hydrogens (primary N) is 1. The molecule has 19 heavy (non-hydrogen) atoms. The summed E-state index contributed by atoms with van der Waals surface area (Å²) in [6.07, 6.45) is 1.25. The molecule has 0 saturated carbocycles. The molecule has 112 valence electrons. The molecule has 0 aliphatic rings. The largest absolute Gasteiger partial charge is 0.448 e. The van der Waals surface area contributed by atoms with Gasteiger partial charge in [-0.25, -0.2) is 9.59 Å². The highest BCUT2D eigenvalue weighted by Crippen LogP contribution is 2.09. The van der Waals surface area contributed by atoms with Crippen LogP contribution in [0.5, 0.6) is 0 Å². The molecule has 0 fully saturated rings. The summed E-state index contributed by atoms with van der Waals surface area (Å²) in [4.78, 5) is 23.2. The lowest BCUT2D eigenvalue weighted by Crippen LogP contribution is -2.44. The number of amides is 1. The predicted octanol–water partition coefficient (Wildman–Crippen LogP) is 1.75. The highest BCUT2D eigenvalue weighted by atomic mass is 35.5. The van der Waals surface area contributed by atoms with E-state index in [1.54, 1.807) is 20.8 Å². The monoisotopic (exact) mass is 294 g/mol. The maximum Gasteiger partial charge on any atom is 0.408 e. The molecule has 7 heteroatoms. The number of hydrogen-bond acceptors (Lipinski definition) is 5. The molecule has 0 bridgehead atoms. The van der Waals surface area contributed by atoms with Crippen molar-refractivity contribution in [3.63, 3.8) is 0 Å².